The molecule has 0 saturated carbocycles. The molecule has 28 heavy (non-hydrogen) atoms. The molecule has 0 aliphatic rings. The molecule has 152 valence electrons. The summed E-state index contributed by atoms with van der Waals surface area (Å²) < 4.78 is 41.4. The molecule has 0 aliphatic heterocycles. The maximum Gasteiger partial charge on any atom is 0.244 e. The molecule has 1 unspecified atom stereocenters. The van der Waals surface area contributed by atoms with Gasteiger partial charge in [-0.3, -0.25) is 4.79 Å². The number of benzene rings is 2. The molecule has 1 amide bonds. The van der Waals surface area contributed by atoms with Crippen molar-refractivity contribution in [2.45, 2.75) is 37.1 Å². The fourth-order valence-corrected chi connectivity index (χ4v) is 4.35. The van der Waals surface area contributed by atoms with E-state index in [1.807, 2.05) is 18.4 Å². The van der Waals surface area contributed by atoms with E-state index in [9.17, 15) is 17.6 Å². The van der Waals surface area contributed by atoms with Crippen molar-refractivity contribution >= 4 is 33.4 Å². The summed E-state index contributed by atoms with van der Waals surface area (Å²) in [6.07, 6.45) is 2.15. The molecule has 1 atom stereocenters. The van der Waals surface area contributed by atoms with Crippen LogP contribution < -0.4 is 10.0 Å². The van der Waals surface area contributed by atoms with Crippen LogP contribution in [0.2, 0.25) is 0 Å². The van der Waals surface area contributed by atoms with Gasteiger partial charge >= 0.3 is 0 Å². The third-order valence-corrected chi connectivity index (χ3v) is 6.34. The van der Waals surface area contributed by atoms with Crippen molar-refractivity contribution in [1.29, 1.82) is 0 Å². The first-order valence-electron chi connectivity index (χ1n) is 8.91. The van der Waals surface area contributed by atoms with Crippen LogP contribution in [0.4, 0.5) is 10.1 Å². The number of hydrogen-bond acceptors (Lipinski definition) is 4. The topological polar surface area (TPSA) is 75.3 Å². The Morgan fingerprint density at radius 1 is 1.11 bits per heavy atom. The van der Waals surface area contributed by atoms with Gasteiger partial charge in [0.1, 0.15) is 16.8 Å². The predicted octanol–water partition coefficient (Wildman–Crippen LogP) is 3.99. The molecule has 0 bridgehead atoms. The van der Waals surface area contributed by atoms with Crippen molar-refractivity contribution in [2.24, 2.45) is 0 Å². The molecule has 0 aliphatic carbocycles. The molecule has 5 nitrogen and oxygen atoms in total. The average Bonchev–Trinajstić information content (AvgIpc) is 2.65. The van der Waals surface area contributed by atoms with E-state index in [2.05, 4.69) is 23.9 Å². The molecule has 8 heteroatoms. The van der Waals surface area contributed by atoms with E-state index < -0.39 is 32.7 Å². The third-order valence-electron chi connectivity index (χ3n) is 4.20. The van der Waals surface area contributed by atoms with Gasteiger partial charge in [0.25, 0.3) is 0 Å². The molecule has 2 rings (SSSR count). The Labute approximate surface area is 170 Å². The van der Waals surface area contributed by atoms with Crippen LogP contribution in [0, 0.1) is 5.82 Å². The molecule has 0 spiro atoms. The molecule has 0 saturated heterocycles. The number of thioether (sulfide) groups is 1. The Balaban J connectivity index is 2.18. The van der Waals surface area contributed by atoms with Crippen LogP contribution in [0.15, 0.2) is 53.4 Å². The van der Waals surface area contributed by atoms with Crippen LogP contribution in [0.25, 0.3) is 0 Å². The lowest BCUT2D eigenvalue weighted by Crippen LogP contribution is -2.44. The monoisotopic (exact) mass is 424 g/mol. The van der Waals surface area contributed by atoms with Crippen molar-refractivity contribution < 1.29 is 17.6 Å². The van der Waals surface area contributed by atoms with Crippen LogP contribution in [0.1, 0.15) is 31.7 Å². The van der Waals surface area contributed by atoms with Gasteiger partial charge in [0, 0.05) is 5.69 Å². The lowest BCUT2D eigenvalue weighted by atomic mass is 10.0. The highest BCUT2D eigenvalue weighted by molar-refractivity contribution is 7.98. The predicted molar refractivity (Wildman–Crippen MR) is 113 cm³/mol. The third kappa shape index (κ3) is 6.05. The number of carbonyl (C=O) groups is 1. The SMILES string of the molecule is CSCCC(NS(=O)(=O)c1ccccc1F)C(=O)Nc1ccc(C(C)C)cc1. The summed E-state index contributed by atoms with van der Waals surface area (Å²) in [4.78, 5) is 12.2. The van der Waals surface area contributed by atoms with Crippen molar-refractivity contribution in [1.82, 2.24) is 4.72 Å². The Kier molecular flexibility index (Phi) is 8.03. The number of anilines is 1. The molecule has 2 N–H and O–H groups in total. The van der Waals surface area contributed by atoms with Crippen LogP contribution in [0.5, 0.6) is 0 Å². The van der Waals surface area contributed by atoms with Gasteiger partial charge in [0.05, 0.1) is 0 Å². The summed E-state index contributed by atoms with van der Waals surface area (Å²) in [5.74, 6) is -0.398. The largest absolute Gasteiger partial charge is 0.325 e. The van der Waals surface area contributed by atoms with Gasteiger partial charge in [0.2, 0.25) is 15.9 Å². The number of amides is 1. The fourth-order valence-electron chi connectivity index (χ4n) is 2.57. The summed E-state index contributed by atoms with van der Waals surface area (Å²) in [7, 11) is -4.17. The van der Waals surface area contributed by atoms with Crippen LogP contribution in [-0.2, 0) is 14.8 Å². The van der Waals surface area contributed by atoms with Crippen molar-refractivity contribution in [2.75, 3.05) is 17.3 Å². The molecular formula is C20H25FN2O3S2. The molecule has 0 aromatic heterocycles. The van der Waals surface area contributed by atoms with Crippen LogP contribution in [0.3, 0.4) is 0 Å². The first-order chi connectivity index (χ1) is 13.2. The Morgan fingerprint density at radius 2 is 1.75 bits per heavy atom. The highest BCUT2D eigenvalue weighted by atomic mass is 32.2. The second-order valence-electron chi connectivity index (χ2n) is 6.65. The summed E-state index contributed by atoms with van der Waals surface area (Å²) in [5.41, 5.74) is 1.71. The summed E-state index contributed by atoms with van der Waals surface area (Å²) in [6.45, 7) is 4.15. The van der Waals surface area contributed by atoms with E-state index in [4.69, 9.17) is 0 Å². The molecular weight excluding hydrogens is 399 g/mol. The van der Waals surface area contributed by atoms with E-state index in [1.165, 1.54) is 30.0 Å². The zero-order chi connectivity index (χ0) is 20.7. The van der Waals surface area contributed by atoms with E-state index in [0.29, 0.717) is 17.4 Å². The quantitative estimate of drug-likeness (QED) is 0.638. The van der Waals surface area contributed by atoms with Gasteiger partial charge in [0.15, 0.2) is 0 Å². The van der Waals surface area contributed by atoms with E-state index in [0.717, 1.165) is 11.6 Å². The van der Waals surface area contributed by atoms with Crippen molar-refractivity contribution in [3.63, 3.8) is 0 Å². The highest BCUT2D eigenvalue weighted by Crippen LogP contribution is 2.19. The Bertz CT molecular complexity index is 900. The molecule has 2 aromatic rings. The van der Waals surface area contributed by atoms with Gasteiger partial charge in [-0.1, -0.05) is 38.1 Å². The number of halogens is 1. The second-order valence-corrected chi connectivity index (χ2v) is 9.32. The van der Waals surface area contributed by atoms with Gasteiger partial charge in [-0.2, -0.15) is 16.5 Å². The Hall–Kier alpha value is -1.90. The molecule has 0 fully saturated rings. The average molecular weight is 425 g/mol. The maximum atomic E-state index is 13.9. The number of carbonyl (C=O) groups excluding carboxylic acids is 1. The number of nitrogens with one attached hydrogen (secondary N) is 2. The van der Waals surface area contributed by atoms with Crippen LogP contribution >= 0.6 is 11.8 Å². The van der Waals surface area contributed by atoms with E-state index >= 15 is 0 Å². The van der Waals surface area contributed by atoms with Gasteiger partial charge in [-0.25, -0.2) is 12.8 Å². The van der Waals surface area contributed by atoms with Gasteiger partial charge in [-0.15, -0.1) is 0 Å². The smallest absolute Gasteiger partial charge is 0.244 e. The van der Waals surface area contributed by atoms with Crippen molar-refractivity contribution in [3.8, 4) is 0 Å². The zero-order valence-corrected chi connectivity index (χ0v) is 17.7. The minimum Gasteiger partial charge on any atom is -0.325 e. The zero-order valence-electron chi connectivity index (χ0n) is 16.1. The Morgan fingerprint density at radius 3 is 2.32 bits per heavy atom. The summed E-state index contributed by atoms with van der Waals surface area (Å²) in [6, 6.07) is 11.5. The fraction of sp³-hybridized carbons (Fsp3) is 0.350. The molecule has 0 heterocycles. The lowest BCUT2D eigenvalue weighted by Gasteiger charge is -2.19. The summed E-state index contributed by atoms with van der Waals surface area (Å²) in [5, 5.41) is 2.74. The second kappa shape index (κ2) is 10.0. The number of rotatable bonds is 9. The number of hydrogen-bond donors (Lipinski definition) is 2. The first kappa shape index (κ1) is 22.4. The summed E-state index contributed by atoms with van der Waals surface area (Å²) >= 11 is 1.49. The van der Waals surface area contributed by atoms with E-state index in [-0.39, 0.29) is 6.42 Å². The number of sulfonamides is 1. The van der Waals surface area contributed by atoms with Gasteiger partial charge < -0.3 is 5.32 Å². The van der Waals surface area contributed by atoms with E-state index in [1.54, 1.807) is 12.1 Å². The highest BCUT2D eigenvalue weighted by Gasteiger charge is 2.27. The lowest BCUT2D eigenvalue weighted by molar-refractivity contribution is -0.117. The van der Waals surface area contributed by atoms with Gasteiger partial charge in [-0.05, 0) is 54.2 Å². The molecule has 0 radical (unpaired) electrons. The van der Waals surface area contributed by atoms with Crippen molar-refractivity contribution in [3.05, 3.63) is 59.9 Å². The maximum absolute atomic E-state index is 13.9. The standard InChI is InChI=1S/C20H25FN2O3S2/c1-14(2)15-8-10-16(11-9-15)22-20(24)18(12-13-27-3)23-28(25,26)19-7-5-4-6-17(19)21/h4-11,14,18,23H,12-13H2,1-3H3,(H,22,24). The van der Waals surface area contributed by atoms with Crippen LogP contribution in [-0.4, -0.2) is 32.4 Å². The normalized spacial score (nSPS) is 12.8. The first-order valence-corrected chi connectivity index (χ1v) is 11.8. The molecule has 2 aromatic carbocycles. The minimum atomic E-state index is -4.17. The minimum absolute atomic E-state index is 0.283.